The van der Waals surface area contributed by atoms with E-state index in [0.29, 0.717) is 25.7 Å². The first-order valence-electron chi connectivity index (χ1n) is 13.8. The Morgan fingerprint density at radius 3 is 1.02 bits per heavy atom. The van der Waals surface area contributed by atoms with Crippen LogP contribution in [-0.2, 0) is 31.6 Å². The van der Waals surface area contributed by atoms with Gasteiger partial charge < -0.3 is 27.9 Å². The van der Waals surface area contributed by atoms with E-state index in [1.54, 1.807) is 41.5 Å². The van der Waals surface area contributed by atoms with E-state index in [2.05, 4.69) is 9.44 Å². The lowest BCUT2D eigenvalue weighted by Crippen LogP contribution is -2.58. The summed E-state index contributed by atoms with van der Waals surface area (Å²) < 4.78 is 84.1. The van der Waals surface area contributed by atoms with Gasteiger partial charge in [-0.3, -0.25) is 9.59 Å². The van der Waals surface area contributed by atoms with Crippen molar-refractivity contribution >= 4 is 33.8 Å². The van der Waals surface area contributed by atoms with Crippen molar-refractivity contribution in [1.29, 1.82) is 0 Å². The number of carbonyl (C=O) groups excluding carboxylic acids is 2. The Labute approximate surface area is 257 Å². The fraction of sp³-hybridized carbons (Fsp3) is 0.923. The highest BCUT2D eigenvalue weighted by Gasteiger charge is 2.51. The van der Waals surface area contributed by atoms with Crippen LogP contribution in [0, 0.1) is 11.8 Å². The molecule has 0 unspecified atom stereocenters. The van der Waals surface area contributed by atoms with Gasteiger partial charge >= 0.3 is 11.8 Å². The summed E-state index contributed by atoms with van der Waals surface area (Å²) >= 11 is 0. The fourth-order valence-electron chi connectivity index (χ4n) is 4.76. The fourth-order valence-corrected chi connectivity index (χ4v) is 6.61. The molecule has 0 spiro atoms. The molecule has 0 aromatic rings. The van der Waals surface area contributed by atoms with E-state index in [1.165, 1.54) is 0 Å². The minimum atomic E-state index is -3.69. The number of primary amides is 2. The summed E-state index contributed by atoms with van der Waals surface area (Å²) in [6, 6.07) is -2.92. The number of rotatable bonds is 10. The standard InChI is InChI=1S/2C13H24F2N2O2S.3H2O/c2*1-12(2,3)20(19)17-10(13(14,15)11(16)18)9-7-5-4-6-8-9;;;/h2*9-10,17H,4-8H2,1-3H3,(H2,16,18);3*1H2/t2*10-,20-;;;/m11.../s1. The predicted molar refractivity (Wildman–Crippen MR) is 162 cm³/mol. The minimum Gasteiger partial charge on any atom is -0.412 e. The van der Waals surface area contributed by atoms with Crippen LogP contribution in [0.1, 0.15) is 106 Å². The van der Waals surface area contributed by atoms with Crippen molar-refractivity contribution in [1.82, 2.24) is 9.44 Å². The van der Waals surface area contributed by atoms with Crippen molar-refractivity contribution in [3.05, 3.63) is 0 Å². The molecule has 0 aliphatic heterocycles. The normalized spacial score (nSPS) is 20.0. The van der Waals surface area contributed by atoms with Crippen molar-refractivity contribution in [2.75, 3.05) is 0 Å². The number of hydrogen-bond donors (Lipinski definition) is 4. The number of nitrogens with two attached hydrogens (primary N) is 2. The van der Waals surface area contributed by atoms with Gasteiger partial charge in [0.1, 0.15) is 0 Å². The van der Waals surface area contributed by atoms with E-state index < -0.39 is 67.2 Å². The number of amides is 2. The molecule has 0 radical (unpaired) electrons. The molecular weight excluding hydrogens is 620 g/mol. The Kier molecular flexibility index (Phi) is 20.0. The van der Waals surface area contributed by atoms with Crippen LogP contribution in [0.2, 0.25) is 0 Å². The Morgan fingerprint density at radius 1 is 0.605 bits per heavy atom. The van der Waals surface area contributed by atoms with E-state index in [-0.39, 0.29) is 28.3 Å². The second-order valence-electron chi connectivity index (χ2n) is 12.7. The van der Waals surface area contributed by atoms with Crippen molar-refractivity contribution < 1.29 is 52.0 Å². The molecule has 260 valence electrons. The zero-order chi connectivity index (χ0) is 31.1. The number of carbonyl (C=O) groups is 2. The molecule has 11 nitrogen and oxygen atoms in total. The SMILES string of the molecule is CC(C)(C)[S@@](=O)N[C@H](C1CCCCC1)C(F)(F)C(N)=O.CC(C)(C)[S@@](=O)N[C@H](C1CCCCC1)C(F)(F)C(N)=O.O.O.O. The molecule has 0 saturated heterocycles. The first-order valence-corrected chi connectivity index (χ1v) is 16.1. The monoisotopic (exact) mass is 674 g/mol. The average molecular weight is 675 g/mol. The minimum absolute atomic E-state index is 0. The van der Waals surface area contributed by atoms with E-state index in [1.807, 2.05) is 0 Å². The third kappa shape index (κ3) is 13.7. The number of alkyl halides is 4. The topological polar surface area (TPSA) is 239 Å². The Balaban J connectivity index is -0.000000696. The largest absolute Gasteiger partial charge is 0.412 e. The maximum absolute atomic E-state index is 14.1. The van der Waals surface area contributed by atoms with Crippen LogP contribution in [0.5, 0.6) is 0 Å². The third-order valence-corrected chi connectivity index (χ3v) is 10.4. The smallest absolute Gasteiger partial charge is 0.340 e. The maximum Gasteiger partial charge on any atom is 0.340 e. The van der Waals surface area contributed by atoms with Gasteiger partial charge in [0, 0.05) is 0 Å². The van der Waals surface area contributed by atoms with Gasteiger partial charge in [-0.25, -0.2) is 17.9 Å². The summed E-state index contributed by atoms with van der Waals surface area (Å²) in [5.41, 5.74) is 9.67. The van der Waals surface area contributed by atoms with Gasteiger partial charge in [-0.05, 0) is 79.1 Å². The molecule has 2 aliphatic rings. The Morgan fingerprint density at radius 2 is 0.837 bits per heavy atom. The van der Waals surface area contributed by atoms with E-state index >= 15 is 0 Å². The van der Waals surface area contributed by atoms with Crippen LogP contribution < -0.4 is 20.9 Å². The van der Waals surface area contributed by atoms with Gasteiger partial charge in [0.15, 0.2) is 0 Å². The molecule has 43 heavy (non-hydrogen) atoms. The Hall–Kier alpha value is -1.24. The molecule has 2 saturated carbocycles. The molecule has 12 N–H and O–H groups in total. The van der Waals surface area contributed by atoms with Crippen molar-refractivity contribution in [3.8, 4) is 0 Å². The molecule has 2 rings (SSSR count). The van der Waals surface area contributed by atoms with E-state index in [0.717, 1.165) is 38.5 Å². The molecule has 2 aliphatic carbocycles. The summed E-state index contributed by atoms with van der Waals surface area (Å²) in [6.45, 7) is 10.1. The summed E-state index contributed by atoms with van der Waals surface area (Å²) in [5, 5.41) is 0. The number of hydrogen-bond acceptors (Lipinski definition) is 4. The van der Waals surface area contributed by atoms with Crippen LogP contribution in [0.15, 0.2) is 0 Å². The first kappa shape index (κ1) is 46.2. The molecule has 0 aromatic carbocycles. The summed E-state index contributed by atoms with van der Waals surface area (Å²) in [5.74, 6) is -11.5. The van der Waals surface area contributed by atoms with Crippen molar-refractivity contribution in [3.63, 3.8) is 0 Å². The quantitative estimate of drug-likeness (QED) is 0.253. The second-order valence-corrected chi connectivity index (χ2v) is 16.7. The molecule has 0 heterocycles. The van der Waals surface area contributed by atoms with Crippen molar-refractivity contribution in [2.24, 2.45) is 23.3 Å². The molecule has 2 amide bonds. The van der Waals surface area contributed by atoms with Crippen LogP contribution in [-0.4, -0.2) is 70.1 Å². The highest BCUT2D eigenvalue weighted by molar-refractivity contribution is 7.84. The lowest BCUT2D eigenvalue weighted by Gasteiger charge is -2.35. The van der Waals surface area contributed by atoms with Gasteiger partial charge in [0.05, 0.1) is 43.5 Å². The molecule has 4 atom stereocenters. The highest BCUT2D eigenvalue weighted by Crippen LogP contribution is 2.36. The van der Waals surface area contributed by atoms with Crippen LogP contribution in [0.3, 0.4) is 0 Å². The Bertz CT molecular complexity index is 835. The zero-order valence-electron chi connectivity index (χ0n) is 26.0. The summed E-state index contributed by atoms with van der Waals surface area (Å²) in [6.07, 6.45) is 7.80. The molecular formula is C26H54F4N4O7S2. The van der Waals surface area contributed by atoms with Crippen LogP contribution in [0.4, 0.5) is 17.6 Å². The summed E-state index contributed by atoms with van der Waals surface area (Å²) in [4.78, 5) is 22.1. The van der Waals surface area contributed by atoms with Gasteiger partial charge in [0.25, 0.3) is 11.8 Å². The predicted octanol–water partition coefficient (Wildman–Crippen LogP) is 1.74. The number of halogens is 4. The summed E-state index contributed by atoms with van der Waals surface area (Å²) in [7, 11) is -3.34. The van der Waals surface area contributed by atoms with Crippen LogP contribution in [0.25, 0.3) is 0 Å². The second kappa shape index (κ2) is 18.7. The van der Waals surface area contributed by atoms with Crippen LogP contribution >= 0.6 is 0 Å². The van der Waals surface area contributed by atoms with Gasteiger partial charge in [-0.2, -0.15) is 17.6 Å². The van der Waals surface area contributed by atoms with Gasteiger partial charge in [-0.1, -0.05) is 38.5 Å². The molecule has 17 heteroatoms. The average Bonchev–Trinajstić information content (AvgIpc) is 2.85. The van der Waals surface area contributed by atoms with Gasteiger partial charge in [0.2, 0.25) is 0 Å². The van der Waals surface area contributed by atoms with E-state index in [9.17, 15) is 35.6 Å². The lowest BCUT2D eigenvalue weighted by molar-refractivity contribution is -0.148. The molecule has 2 fully saturated rings. The van der Waals surface area contributed by atoms with Crippen molar-refractivity contribution in [2.45, 2.75) is 139 Å². The number of nitrogens with one attached hydrogen (secondary N) is 2. The highest BCUT2D eigenvalue weighted by atomic mass is 32.2. The first-order chi connectivity index (χ1) is 18.1. The lowest BCUT2D eigenvalue weighted by atomic mass is 9.81. The maximum atomic E-state index is 14.1. The molecule has 0 bridgehead atoms. The third-order valence-electron chi connectivity index (χ3n) is 7.26. The van der Waals surface area contributed by atoms with E-state index in [4.69, 9.17) is 11.5 Å². The van der Waals surface area contributed by atoms with Gasteiger partial charge in [-0.15, -0.1) is 0 Å². The zero-order valence-corrected chi connectivity index (χ0v) is 27.6. The molecule has 0 aromatic heterocycles.